The summed E-state index contributed by atoms with van der Waals surface area (Å²) in [5.41, 5.74) is 3.68. The van der Waals surface area contributed by atoms with E-state index in [0.717, 1.165) is 5.69 Å². The van der Waals surface area contributed by atoms with Crippen molar-refractivity contribution >= 4 is 0 Å². The predicted molar refractivity (Wildman–Crippen MR) is 79.0 cm³/mol. The van der Waals surface area contributed by atoms with Gasteiger partial charge in [0.15, 0.2) is 0 Å². The number of hydrogen-bond acceptors (Lipinski definition) is 1. The van der Waals surface area contributed by atoms with Gasteiger partial charge < -0.3 is 0 Å². The van der Waals surface area contributed by atoms with Crippen LogP contribution in [0.4, 0.5) is 0 Å². The van der Waals surface area contributed by atoms with E-state index < -0.39 is 0 Å². The first-order valence-corrected chi connectivity index (χ1v) is 7.37. The first kappa shape index (κ1) is 12.4. The van der Waals surface area contributed by atoms with Gasteiger partial charge in [-0.15, -0.1) is 0 Å². The van der Waals surface area contributed by atoms with Crippen LogP contribution in [-0.4, -0.2) is 4.98 Å². The van der Waals surface area contributed by atoms with E-state index in [1.165, 1.54) is 49.7 Å². The first-order chi connectivity index (χ1) is 9.45. The third kappa shape index (κ3) is 2.86. The molecule has 2 aromatic rings. The third-order valence-electron chi connectivity index (χ3n) is 4.08. The van der Waals surface area contributed by atoms with Crippen LogP contribution in [0.25, 0.3) is 11.3 Å². The highest BCUT2D eigenvalue weighted by Crippen LogP contribution is 2.35. The van der Waals surface area contributed by atoms with Crippen molar-refractivity contribution < 1.29 is 0 Å². The zero-order chi connectivity index (χ0) is 12.9. The quantitative estimate of drug-likeness (QED) is 0.684. The van der Waals surface area contributed by atoms with Gasteiger partial charge in [-0.3, -0.25) is 4.98 Å². The molecular formula is C18H20N. The summed E-state index contributed by atoms with van der Waals surface area (Å²) in [5, 5.41) is 0. The number of hydrogen-bond donors (Lipinski definition) is 0. The maximum Gasteiger partial charge on any atom is 0.0742 e. The first-order valence-electron chi connectivity index (χ1n) is 7.37. The number of nitrogens with zero attached hydrogens (tertiary/aromatic N) is 1. The zero-order valence-electron chi connectivity index (χ0n) is 11.3. The van der Waals surface area contributed by atoms with E-state index in [1.54, 1.807) is 0 Å². The number of rotatable bonds is 2. The van der Waals surface area contributed by atoms with Gasteiger partial charge in [0.2, 0.25) is 0 Å². The van der Waals surface area contributed by atoms with E-state index >= 15 is 0 Å². The average molecular weight is 250 g/mol. The van der Waals surface area contributed by atoms with E-state index in [-0.39, 0.29) is 0 Å². The van der Waals surface area contributed by atoms with E-state index in [9.17, 15) is 0 Å². The van der Waals surface area contributed by atoms with Crippen LogP contribution in [0.3, 0.4) is 0 Å². The second kappa shape index (κ2) is 6.01. The molecule has 1 nitrogen and oxygen atoms in total. The van der Waals surface area contributed by atoms with Gasteiger partial charge >= 0.3 is 0 Å². The lowest BCUT2D eigenvalue weighted by molar-refractivity contribution is 0.591. The fourth-order valence-corrected chi connectivity index (χ4v) is 3.08. The molecule has 1 heterocycles. The van der Waals surface area contributed by atoms with Crippen molar-refractivity contribution in [3.05, 3.63) is 54.2 Å². The topological polar surface area (TPSA) is 12.9 Å². The molecule has 0 bridgehead atoms. The minimum Gasteiger partial charge on any atom is -0.256 e. The molecule has 1 radical (unpaired) electrons. The zero-order valence-corrected chi connectivity index (χ0v) is 11.3. The van der Waals surface area contributed by atoms with Crippen LogP contribution < -0.4 is 0 Å². The molecule has 1 aliphatic carbocycles. The van der Waals surface area contributed by atoms with Crippen molar-refractivity contribution in [2.45, 2.75) is 44.4 Å². The monoisotopic (exact) mass is 250 g/mol. The Morgan fingerprint density at radius 1 is 0.947 bits per heavy atom. The van der Waals surface area contributed by atoms with Crippen molar-refractivity contribution in [1.82, 2.24) is 4.98 Å². The molecule has 0 amide bonds. The van der Waals surface area contributed by atoms with Crippen LogP contribution in [0.5, 0.6) is 0 Å². The summed E-state index contributed by atoms with van der Waals surface area (Å²) in [6.45, 7) is 0. The number of pyridine rings is 1. The highest BCUT2D eigenvalue weighted by atomic mass is 14.7. The Labute approximate surface area is 115 Å². The van der Waals surface area contributed by atoms with E-state index in [1.807, 2.05) is 12.3 Å². The second-order valence-corrected chi connectivity index (χ2v) is 5.41. The van der Waals surface area contributed by atoms with E-state index in [2.05, 4.69) is 41.4 Å². The Morgan fingerprint density at radius 2 is 1.68 bits per heavy atom. The minimum atomic E-state index is 0.645. The van der Waals surface area contributed by atoms with Gasteiger partial charge in [-0.05, 0) is 36.5 Å². The van der Waals surface area contributed by atoms with Crippen LogP contribution in [0.15, 0.2) is 42.6 Å². The largest absolute Gasteiger partial charge is 0.256 e. The molecule has 0 N–H and O–H groups in total. The van der Waals surface area contributed by atoms with Crippen LogP contribution in [0.2, 0.25) is 0 Å². The Kier molecular flexibility index (Phi) is 3.92. The third-order valence-corrected chi connectivity index (χ3v) is 4.08. The standard InChI is InChI=1S/C18H20N/c1-2-5-10-15(9-4-1)17-13-8-14-19-18(17)16-11-6-3-7-12-16/h3,6-8,11-12,14-15H,1-2,4-5,9-10H2. The number of aromatic nitrogens is 1. The molecule has 1 aromatic heterocycles. The predicted octanol–water partition coefficient (Wildman–Crippen LogP) is 4.99. The summed E-state index contributed by atoms with van der Waals surface area (Å²) in [7, 11) is 0. The Bertz CT molecular complexity index is 510. The second-order valence-electron chi connectivity index (χ2n) is 5.41. The van der Waals surface area contributed by atoms with Gasteiger partial charge in [-0.1, -0.05) is 56.0 Å². The fraction of sp³-hybridized carbons (Fsp3) is 0.389. The van der Waals surface area contributed by atoms with Crippen molar-refractivity contribution in [1.29, 1.82) is 0 Å². The van der Waals surface area contributed by atoms with Gasteiger partial charge in [0.25, 0.3) is 0 Å². The molecule has 3 rings (SSSR count). The summed E-state index contributed by atoms with van der Waals surface area (Å²) in [6.07, 6.45) is 9.92. The van der Waals surface area contributed by atoms with Gasteiger partial charge in [0.05, 0.1) is 5.69 Å². The normalized spacial score (nSPS) is 17.1. The Morgan fingerprint density at radius 3 is 2.42 bits per heavy atom. The molecule has 1 aliphatic rings. The molecule has 1 saturated carbocycles. The molecule has 0 saturated heterocycles. The molecular weight excluding hydrogens is 230 g/mol. The number of benzene rings is 1. The lowest BCUT2D eigenvalue weighted by Gasteiger charge is -2.17. The highest BCUT2D eigenvalue weighted by molar-refractivity contribution is 5.63. The van der Waals surface area contributed by atoms with Crippen molar-refractivity contribution in [2.75, 3.05) is 0 Å². The van der Waals surface area contributed by atoms with E-state index in [4.69, 9.17) is 0 Å². The smallest absolute Gasteiger partial charge is 0.0742 e. The Hall–Kier alpha value is -1.63. The summed E-state index contributed by atoms with van der Waals surface area (Å²) in [6, 6.07) is 16.0. The van der Waals surface area contributed by atoms with Crippen LogP contribution in [0.1, 0.15) is 50.0 Å². The average Bonchev–Trinajstić information content (AvgIpc) is 2.77. The minimum absolute atomic E-state index is 0.645. The maximum atomic E-state index is 4.62. The van der Waals surface area contributed by atoms with E-state index in [0.29, 0.717) is 5.92 Å². The SMILES string of the molecule is [c]1ccnc(-c2ccccc2)c1C1CCCCCC1. The summed E-state index contributed by atoms with van der Waals surface area (Å²) < 4.78 is 0. The van der Waals surface area contributed by atoms with Crippen molar-refractivity contribution in [2.24, 2.45) is 0 Å². The summed E-state index contributed by atoms with van der Waals surface area (Å²) >= 11 is 0. The maximum absolute atomic E-state index is 4.62. The van der Waals surface area contributed by atoms with Gasteiger partial charge in [-0.25, -0.2) is 0 Å². The summed E-state index contributed by atoms with van der Waals surface area (Å²) in [5.74, 6) is 0.645. The molecule has 0 spiro atoms. The lowest BCUT2D eigenvalue weighted by Crippen LogP contribution is -2.01. The lowest BCUT2D eigenvalue weighted by atomic mass is 9.89. The molecule has 1 aromatic carbocycles. The van der Waals surface area contributed by atoms with Crippen LogP contribution in [-0.2, 0) is 0 Å². The fourth-order valence-electron chi connectivity index (χ4n) is 3.08. The molecule has 0 aliphatic heterocycles. The Balaban J connectivity index is 1.97. The van der Waals surface area contributed by atoms with Crippen molar-refractivity contribution in [3.63, 3.8) is 0 Å². The van der Waals surface area contributed by atoms with Gasteiger partial charge in [0.1, 0.15) is 0 Å². The summed E-state index contributed by atoms with van der Waals surface area (Å²) in [4.78, 5) is 4.62. The van der Waals surface area contributed by atoms with Gasteiger partial charge in [-0.2, -0.15) is 0 Å². The molecule has 1 fully saturated rings. The molecule has 19 heavy (non-hydrogen) atoms. The molecule has 1 heteroatoms. The molecule has 97 valence electrons. The van der Waals surface area contributed by atoms with Crippen molar-refractivity contribution in [3.8, 4) is 11.3 Å². The van der Waals surface area contributed by atoms with Gasteiger partial charge in [0, 0.05) is 11.8 Å². The van der Waals surface area contributed by atoms with Crippen LogP contribution >= 0.6 is 0 Å². The van der Waals surface area contributed by atoms with Crippen LogP contribution in [0, 0.1) is 6.07 Å². The molecule has 0 atom stereocenters. The molecule has 0 unspecified atom stereocenters. The highest BCUT2D eigenvalue weighted by Gasteiger charge is 2.18.